The van der Waals surface area contributed by atoms with Crippen LogP contribution in [0.5, 0.6) is 0 Å². The van der Waals surface area contributed by atoms with Crippen molar-refractivity contribution in [1.29, 1.82) is 0 Å². The summed E-state index contributed by atoms with van der Waals surface area (Å²) >= 11 is 0. The predicted molar refractivity (Wildman–Crippen MR) is 122 cm³/mol. The first kappa shape index (κ1) is 19.2. The van der Waals surface area contributed by atoms with Crippen LogP contribution in [0.1, 0.15) is 5.56 Å². The van der Waals surface area contributed by atoms with E-state index in [-0.39, 0.29) is 0 Å². The highest BCUT2D eigenvalue weighted by molar-refractivity contribution is 6.12. The van der Waals surface area contributed by atoms with Crippen LogP contribution >= 0.6 is 0 Å². The van der Waals surface area contributed by atoms with Gasteiger partial charge in [0, 0.05) is 31.9 Å². The van der Waals surface area contributed by atoms with E-state index in [1.807, 2.05) is 42.6 Å². The van der Waals surface area contributed by atoms with E-state index in [0.29, 0.717) is 0 Å². The lowest BCUT2D eigenvalue weighted by Gasteiger charge is -2.39. The highest BCUT2D eigenvalue weighted by Crippen LogP contribution is 2.33. The van der Waals surface area contributed by atoms with Gasteiger partial charge in [0.05, 0.1) is 17.6 Å². The molecule has 0 aromatic heterocycles. The number of benzene rings is 2. The molecule has 2 aliphatic heterocycles. The maximum atomic E-state index is 12.3. The number of anilines is 1. The third kappa shape index (κ3) is 3.50. The Hall–Kier alpha value is -3.80. The molecule has 1 atom stereocenters. The Morgan fingerprint density at radius 3 is 2.26 bits per heavy atom. The molecule has 2 aromatic carbocycles. The summed E-state index contributed by atoms with van der Waals surface area (Å²) in [7, 11) is 0. The number of carbonyl (C=O) groups is 1. The molecule has 0 amide bonds. The summed E-state index contributed by atoms with van der Waals surface area (Å²) in [6.45, 7) is 3.57. The molecule has 1 fully saturated rings. The summed E-state index contributed by atoms with van der Waals surface area (Å²) in [6, 6.07) is 19.7. The Morgan fingerprint density at radius 1 is 0.935 bits per heavy atom. The highest BCUT2D eigenvalue weighted by Gasteiger charge is 2.39. The van der Waals surface area contributed by atoms with Crippen molar-refractivity contribution in [3.8, 4) is 0 Å². The van der Waals surface area contributed by atoms with Gasteiger partial charge < -0.3 is 20.2 Å². The first-order chi connectivity index (χ1) is 15.2. The van der Waals surface area contributed by atoms with Crippen LogP contribution in [0.2, 0.25) is 0 Å². The minimum atomic E-state index is -1.21. The summed E-state index contributed by atoms with van der Waals surface area (Å²) < 4.78 is 0. The van der Waals surface area contributed by atoms with Crippen molar-refractivity contribution in [3.05, 3.63) is 102 Å². The average Bonchev–Trinajstić information content (AvgIpc) is 2.84. The molecule has 3 aliphatic rings. The molecule has 0 spiro atoms. The van der Waals surface area contributed by atoms with Crippen LogP contribution in [-0.2, 0) is 10.2 Å². The lowest BCUT2D eigenvalue weighted by atomic mass is 9.76. The number of hydrogen-bond acceptors (Lipinski definition) is 5. The number of carboxylic acids is 1. The fraction of sp³-hybridized carbons (Fsp3) is 0.200. The van der Waals surface area contributed by atoms with Crippen molar-refractivity contribution < 1.29 is 9.90 Å². The Kier molecular flexibility index (Phi) is 4.82. The molecule has 31 heavy (non-hydrogen) atoms. The van der Waals surface area contributed by atoms with Gasteiger partial charge >= 0.3 is 5.97 Å². The molecule has 6 nitrogen and oxygen atoms in total. The zero-order chi connectivity index (χ0) is 21.3. The molecule has 0 saturated carbocycles. The van der Waals surface area contributed by atoms with Crippen molar-refractivity contribution >= 4 is 17.4 Å². The summed E-state index contributed by atoms with van der Waals surface area (Å²) in [4.78, 5) is 21.5. The van der Waals surface area contributed by atoms with Crippen LogP contribution in [0.25, 0.3) is 0 Å². The number of nitrogens with zero attached hydrogens (tertiary/aromatic N) is 3. The molecule has 0 bridgehead atoms. The number of piperazine rings is 1. The SMILES string of the molecule is O=C(O)C1(c2ccccc2)C=CC2=NC=C(N3CCN(c4ccccc4)CC3)NC2=C1. The molecule has 5 rings (SSSR count). The lowest BCUT2D eigenvalue weighted by Crippen LogP contribution is -2.49. The van der Waals surface area contributed by atoms with Gasteiger partial charge in [-0.15, -0.1) is 0 Å². The highest BCUT2D eigenvalue weighted by atomic mass is 16.4. The number of para-hydroxylation sites is 1. The standard InChI is InChI=1S/C25H24N4O2/c30-24(31)25(19-7-3-1-4-8-19)12-11-21-22(17-25)27-23(18-26-21)29-15-13-28(14-16-29)20-9-5-2-6-10-20/h1-12,17-18,27H,13-16H2,(H,30,31). The zero-order valence-corrected chi connectivity index (χ0v) is 17.1. The van der Waals surface area contributed by atoms with Gasteiger partial charge in [0.15, 0.2) is 0 Å². The summed E-state index contributed by atoms with van der Waals surface area (Å²) in [5.41, 5.74) is 2.23. The number of fused-ring (bicyclic) bond motifs is 1. The van der Waals surface area contributed by atoms with Gasteiger partial charge in [-0.3, -0.25) is 9.79 Å². The van der Waals surface area contributed by atoms with Gasteiger partial charge in [0.2, 0.25) is 0 Å². The number of aliphatic imine (C=N–C) groups is 1. The van der Waals surface area contributed by atoms with E-state index in [2.05, 4.69) is 44.4 Å². The second-order valence-corrected chi connectivity index (χ2v) is 7.89. The molecule has 0 radical (unpaired) electrons. The smallest absolute Gasteiger partial charge is 0.322 e. The van der Waals surface area contributed by atoms with E-state index in [9.17, 15) is 9.90 Å². The molecule has 1 aliphatic carbocycles. The van der Waals surface area contributed by atoms with Gasteiger partial charge in [-0.05, 0) is 29.8 Å². The molecule has 1 unspecified atom stereocenters. The second kappa shape index (κ2) is 7.80. The zero-order valence-electron chi connectivity index (χ0n) is 17.1. The van der Waals surface area contributed by atoms with E-state index in [1.54, 1.807) is 18.2 Å². The van der Waals surface area contributed by atoms with E-state index in [4.69, 9.17) is 0 Å². The maximum absolute atomic E-state index is 12.3. The maximum Gasteiger partial charge on any atom is 0.322 e. The minimum absolute atomic E-state index is 0.722. The normalized spacial score (nSPS) is 22.6. The van der Waals surface area contributed by atoms with E-state index in [1.165, 1.54) is 5.69 Å². The summed E-state index contributed by atoms with van der Waals surface area (Å²) in [5.74, 6) is 0.00115. The van der Waals surface area contributed by atoms with Crippen LogP contribution in [0.4, 0.5) is 5.69 Å². The Labute approximate surface area is 181 Å². The van der Waals surface area contributed by atoms with Gasteiger partial charge in [-0.25, -0.2) is 0 Å². The number of aliphatic carboxylic acids is 1. The summed E-state index contributed by atoms with van der Waals surface area (Å²) in [6.07, 6.45) is 7.12. The molecule has 1 saturated heterocycles. The predicted octanol–water partition coefficient (Wildman–Crippen LogP) is 3.13. The molecular weight excluding hydrogens is 388 g/mol. The van der Waals surface area contributed by atoms with Crippen molar-refractivity contribution in [3.63, 3.8) is 0 Å². The monoisotopic (exact) mass is 412 g/mol. The quantitative estimate of drug-likeness (QED) is 0.808. The van der Waals surface area contributed by atoms with E-state index < -0.39 is 11.4 Å². The third-order valence-corrected chi connectivity index (χ3v) is 6.09. The fourth-order valence-corrected chi connectivity index (χ4v) is 4.32. The molecule has 2 aromatic rings. The van der Waals surface area contributed by atoms with Crippen molar-refractivity contribution in [2.75, 3.05) is 31.1 Å². The Bertz CT molecular complexity index is 1100. The van der Waals surface area contributed by atoms with E-state index in [0.717, 1.165) is 49.0 Å². The number of nitrogens with one attached hydrogen (secondary N) is 1. The number of allylic oxidation sites excluding steroid dienone is 1. The van der Waals surface area contributed by atoms with Crippen molar-refractivity contribution in [2.45, 2.75) is 5.41 Å². The number of rotatable bonds is 4. The number of hydrogen-bond donors (Lipinski definition) is 2. The Balaban J connectivity index is 1.36. The van der Waals surface area contributed by atoms with Crippen LogP contribution in [0, 0.1) is 0 Å². The van der Waals surface area contributed by atoms with Gasteiger partial charge in [0.25, 0.3) is 0 Å². The third-order valence-electron chi connectivity index (χ3n) is 6.09. The molecule has 6 heteroatoms. The topological polar surface area (TPSA) is 68.2 Å². The van der Waals surface area contributed by atoms with Crippen molar-refractivity contribution in [2.24, 2.45) is 4.99 Å². The molecule has 156 valence electrons. The molecular formula is C25H24N4O2. The second-order valence-electron chi connectivity index (χ2n) is 7.89. The van der Waals surface area contributed by atoms with Gasteiger partial charge in [-0.1, -0.05) is 54.6 Å². The van der Waals surface area contributed by atoms with Crippen molar-refractivity contribution in [1.82, 2.24) is 10.2 Å². The molecule has 2 N–H and O–H groups in total. The Morgan fingerprint density at radius 2 is 1.58 bits per heavy atom. The van der Waals surface area contributed by atoms with Crippen LogP contribution < -0.4 is 10.2 Å². The first-order valence-electron chi connectivity index (χ1n) is 10.5. The summed E-state index contributed by atoms with van der Waals surface area (Å²) in [5, 5.41) is 13.5. The van der Waals surface area contributed by atoms with E-state index >= 15 is 0 Å². The number of carboxylic acid groups (broad SMARTS) is 1. The van der Waals surface area contributed by atoms with Crippen LogP contribution in [-0.4, -0.2) is 47.9 Å². The van der Waals surface area contributed by atoms with Crippen LogP contribution in [0.3, 0.4) is 0 Å². The van der Waals surface area contributed by atoms with Gasteiger partial charge in [0.1, 0.15) is 11.2 Å². The average molecular weight is 412 g/mol. The largest absolute Gasteiger partial charge is 0.480 e. The minimum Gasteiger partial charge on any atom is -0.480 e. The lowest BCUT2D eigenvalue weighted by molar-refractivity contribution is -0.140. The first-order valence-corrected chi connectivity index (χ1v) is 10.5. The molecule has 2 heterocycles. The van der Waals surface area contributed by atoms with Gasteiger partial charge in [-0.2, -0.15) is 0 Å². The van der Waals surface area contributed by atoms with Crippen LogP contribution in [0.15, 0.2) is 102 Å². The fourth-order valence-electron chi connectivity index (χ4n) is 4.32.